The average Bonchev–Trinajstić information content (AvgIpc) is 2.65. The molecule has 1 heterocycles. The van der Waals surface area contributed by atoms with Gasteiger partial charge in [0.25, 0.3) is 0 Å². The molecule has 2 aromatic rings. The number of benzene rings is 1. The lowest BCUT2D eigenvalue weighted by Gasteiger charge is -2.19. The molecule has 0 atom stereocenters. The molecule has 2 rings (SSSR count). The van der Waals surface area contributed by atoms with Crippen LogP contribution in [0.1, 0.15) is 20.8 Å². The fourth-order valence-corrected chi connectivity index (χ4v) is 1.71. The number of halogens is 1. The second-order valence-electron chi connectivity index (χ2n) is 5.04. The first-order valence-electron chi connectivity index (χ1n) is 5.78. The van der Waals surface area contributed by atoms with Crippen LogP contribution in [0.15, 0.2) is 18.2 Å². The van der Waals surface area contributed by atoms with Crippen LogP contribution in [-0.4, -0.2) is 28.6 Å². The van der Waals surface area contributed by atoms with E-state index in [1.165, 1.54) is 7.11 Å². The van der Waals surface area contributed by atoms with Crippen LogP contribution < -0.4 is 4.74 Å². The molecule has 0 spiro atoms. The SMILES string of the molecule is COc1cccc2c1c(F)nn2C(=O)OC(C)(C)C. The van der Waals surface area contributed by atoms with E-state index in [-0.39, 0.29) is 5.39 Å². The molecule has 0 aliphatic rings. The number of methoxy groups -OCH3 is 1. The van der Waals surface area contributed by atoms with E-state index < -0.39 is 17.6 Å². The van der Waals surface area contributed by atoms with Gasteiger partial charge in [0.1, 0.15) is 11.4 Å². The van der Waals surface area contributed by atoms with Gasteiger partial charge in [-0.15, -0.1) is 5.10 Å². The minimum Gasteiger partial charge on any atom is -0.496 e. The number of hydrogen-bond acceptors (Lipinski definition) is 4. The Morgan fingerprint density at radius 1 is 1.37 bits per heavy atom. The topological polar surface area (TPSA) is 53.4 Å². The van der Waals surface area contributed by atoms with Gasteiger partial charge in [0, 0.05) is 0 Å². The van der Waals surface area contributed by atoms with Gasteiger partial charge in [-0.3, -0.25) is 0 Å². The largest absolute Gasteiger partial charge is 0.496 e. The van der Waals surface area contributed by atoms with Gasteiger partial charge < -0.3 is 9.47 Å². The monoisotopic (exact) mass is 266 g/mol. The van der Waals surface area contributed by atoms with Crippen LogP contribution in [0.25, 0.3) is 10.9 Å². The van der Waals surface area contributed by atoms with Crippen LogP contribution in [0.5, 0.6) is 5.75 Å². The molecular formula is C13H15FN2O3. The van der Waals surface area contributed by atoms with Crippen LogP contribution in [0.2, 0.25) is 0 Å². The highest BCUT2D eigenvalue weighted by Crippen LogP contribution is 2.28. The third-order valence-electron chi connectivity index (χ3n) is 2.41. The van der Waals surface area contributed by atoms with Gasteiger partial charge in [0.2, 0.25) is 5.95 Å². The van der Waals surface area contributed by atoms with E-state index in [4.69, 9.17) is 9.47 Å². The molecule has 1 aromatic carbocycles. The van der Waals surface area contributed by atoms with E-state index in [9.17, 15) is 9.18 Å². The number of ether oxygens (including phenoxy) is 2. The van der Waals surface area contributed by atoms with Crippen molar-refractivity contribution in [3.05, 3.63) is 24.1 Å². The zero-order chi connectivity index (χ0) is 14.2. The first-order chi connectivity index (χ1) is 8.83. The van der Waals surface area contributed by atoms with Crippen molar-refractivity contribution >= 4 is 17.0 Å². The first-order valence-corrected chi connectivity index (χ1v) is 5.78. The molecule has 0 amide bonds. The number of rotatable bonds is 1. The van der Waals surface area contributed by atoms with Gasteiger partial charge in [0.15, 0.2) is 0 Å². The normalized spacial score (nSPS) is 11.6. The van der Waals surface area contributed by atoms with Crippen molar-refractivity contribution in [2.24, 2.45) is 0 Å². The minimum atomic E-state index is -0.765. The van der Waals surface area contributed by atoms with Gasteiger partial charge >= 0.3 is 6.09 Å². The van der Waals surface area contributed by atoms with Gasteiger partial charge in [-0.1, -0.05) is 6.07 Å². The van der Waals surface area contributed by atoms with E-state index in [0.29, 0.717) is 11.3 Å². The molecule has 0 fully saturated rings. The Kier molecular flexibility index (Phi) is 3.18. The van der Waals surface area contributed by atoms with Gasteiger partial charge in [0.05, 0.1) is 18.0 Å². The summed E-state index contributed by atoms with van der Waals surface area (Å²) in [4.78, 5) is 12.0. The van der Waals surface area contributed by atoms with Crippen molar-refractivity contribution in [3.8, 4) is 5.75 Å². The number of nitrogens with zero attached hydrogens (tertiary/aromatic N) is 2. The fourth-order valence-electron chi connectivity index (χ4n) is 1.71. The summed E-state index contributed by atoms with van der Waals surface area (Å²) in [7, 11) is 1.43. The molecule has 6 heteroatoms. The van der Waals surface area contributed by atoms with E-state index in [1.54, 1.807) is 39.0 Å². The number of hydrogen-bond donors (Lipinski definition) is 0. The fraction of sp³-hybridized carbons (Fsp3) is 0.385. The van der Waals surface area contributed by atoms with Crippen molar-refractivity contribution in [3.63, 3.8) is 0 Å². The second kappa shape index (κ2) is 4.53. The maximum atomic E-state index is 13.8. The third kappa shape index (κ3) is 2.52. The molecule has 19 heavy (non-hydrogen) atoms. The molecule has 0 N–H and O–H groups in total. The molecule has 0 bridgehead atoms. The predicted molar refractivity (Wildman–Crippen MR) is 67.9 cm³/mol. The summed E-state index contributed by atoms with van der Waals surface area (Å²) < 4.78 is 25.0. The number of aromatic nitrogens is 2. The zero-order valence-corrected chi connectivity index (χ0v) is 11.2. The summed E-state index contributed by atoms with van der Waals surface area (Å²) in [6.07, 6.45) is -0.727. The lowest BCUT2D eigenvalue weighted by Crippen LogP contribution is -2.27. The van der Waals surface area contributed by atoms with E-state index >= 15 is 0 Å². The lowest BCUT2D eigenvalue weighted by molar-refractivity contribution is 0.0519. The van der Waals surface area contributed by atoms with Crippen molar-refractivity contribution in [1.82, 2.24) is 9.78 Å². The summed E-state index contributed by atoms with van der Waals surface area (Å²) in [5, 5.41) is 3.74. The summed E-state index contributed by atoms with van der Waals surface area (Å²) in [6.45, 7) is 5.19. The Labute approximate surface area is 109 Å². The Balaban J connectivity index is 2.54. The van der Waals surface area contributed by atoms with Crippen molar-refractivity contribution in [2.75, 3.05) is 7.11 Å². The molecule has 0 saturated carbocycles. The molecule has 1 aromatic heterocycles. The smallest absolute Gasteiger partial charge is 0.435 e. The zero-order valence-electron chi connectivity index (χ0n) is 11.2. The molecule has 0 radical (unpaired) electrons. The first kappa shape index (κ1) is 13.3. The maximum Gasteiger partial charge on any atom is 0.435 e. The van der Waals surface area contributed by atoms with Gasteiger partial charge in [-0.25, -0.2) is 4.79 Å². The second-order valence-corrected chi connectivity index (χ2v) is 5.04. The molecule has 0 aliphatic carbocycles. The van der Waals surface area contributed by atoms with Gasteiger partial charge in [-0.2, -0.15) is 9.07 Å². The number of fused-ring (bicyclic) bond motifs is 1. The molecule has 0 unspecified atom stereocenters. The lowest BCUT2D eigenvalue weighted by atomic mass is 10.2. The molecule has 0 saturated heterocycles. The molecule has 5 nitrogen and oxygen atoms in total. The van der Waals surface area contributed by atoms with Crippen LogP contribution in [0.4, 0.5) is 9.18 Å². The van der Waals surface area contributed by atoms with Crippen LogP contribution in [0.3, 0.4) is 0 Å². The predicted octanol–water partition coefficient (Wildman–Crippen LogP) is 2.97. The highest BCUT2D eigenvalue weighted by Gasteiger charge is 2.23. The summed E-state index contributed by atoms with van der Waals surface area (Å²) in [5.41, 5.74) is -0.365. The molecule has 0 aliphatic heterocycles. The van der Waals surface area contributed by atoms with E-state index in [0.717, 1.165) is 4.68 Å². The third-order valence-corrected chi connectivity index (χ3v) is 2.41. The quantitative estimate of drug-likeness (QED) is 0.796. The molecule has 102 valence electrons. The maximum absolute atomic E-state index is 13.8. The number of carbonyl (C=O) groups is 1. The highest BCUT2D eigenvalue weighted by molar-refractivity contribution is 5.92. The Morgan fingerprint density at radius 3 is 2.63 bits per heavy atom. The minimum absolute atomic E-state index is 0.163. The molecular weight excluding hydrogens is 251 g/mol. The Hall–Kier alpha value is -2.11. The Morgan fingerprint density at radius 2 is 2.05 bits per heavy atom. The van der Waals surface area contributed by atoms with E-state index in [1.807, 2.05) is 0 Å². The van der Waals surface area contributed by atoms with Crippen molar-refractivity contribution in [1.29, 1.82) is 0 Å². The summed E-state index contributed by atoms with van der Waals surface area (Å²) in [5.74, 6) is -0.442. The Bertz CT molecular complexity index is 629. The van der Waals surface area contributed by atoms with Crippen LogP contribution in [-0.2, 0) is 4.74 Å². The number of carbonyl (C=O) groups excluding carboxylic acids is 1. The average molecular weight is 266 g/mol. The summed E-state index contributed by atoms with van der Waals surface area (Å²) >= 11 is 0. The van der Waals surface area contributed by atoms with Crippen molar-refractivity contribution < 1.29 is 18.7 Å². The highest BCUT2D eigenvalue weighted by atomic mass is 19.1. The standard InChI is InChI=1S/C13H15FN2O3/c1-13(2,3)19-12(17)16-8-6-5-7-9(18-4)10(8)11(14)15-16/h5-7H,1-4H3. The van der Waals surface area contributed by atoms with Gasteiger partial charge in [-0.05, 0) is 32.9 Å². The summed E-state index contributed by atoms with van der Waals surface area (Å²) in [6, 6.07) is 4.84. The van der Waals surface area contributed by atoms with E-state index in [2.05, 4.69) is 5.10 Å². The van der Waals surface area contributed by atoms with Crippen molar-refractivity contribution in [2.45, 2.75) is 26.4 Å². The van der Waals surface area contributed by atoms with Crippen LogP contribution >= 0.6 is 0 Å². The van der Waals surface area contributed by atoms with Crippen LogP contribution in [0, 0.1) is 5.95 Å².